The van der Waals surface area contributed by atoms with Crippen LogP contribution in [0.1, 0.15) is 54.0 Å². The zero-order valence-corrected chi connectivity index (χ0v) is 17.3. The molecule has 0 bridgehead atoms. The van der Waals surface area contributed by atoms with Gasteiger partial charge in [-0.15, -0.1) is 0 Å². The molecule has 1 heterocycles. The van der Waals surface area contributed by atoms with Crippen LogP contribution < -0.4 is 15.4 Å². The first-order chi connectivity index (χ1) is 14.1. The van der Waals surface area contributed by atoms with Crippen molar-refractivity contribution < 1.29 is 9.53 Å². The molecule has 1 amide bonds. The molecule has 6 nitrogen and oxygen atoms in total. The molecule has 2 aromatic rings. The van der Waals surface area contributed by atoms with Gasteiger partial charge in [0.05, 0.1) is 7.11 Å². The summed E-state index contributed by atoms with van der Waals surface area (Å²) in [6.45, 7) is 3.15. The lowest BCUT2D eigenvalue weighted by Crippen LogP contribution is -2.26. The first-order valence-electron chi connectivity index (χ1n) is 10.3. The Labute approximate surface area is 172 Å². The third kappa shape index (κ3) is 6.59. The zero-order chi connectivity index (χ0) is 20.5. The summed E-state index contributed by atoms with van der Waals surface area (Å²) >= 11 is 0. The quantitative estimate of drug-likeness (QED) is 0.627. The largest absolute Gasteiger partial charge is 0.497 e. The molecule has 2 N–H and O–H groups in total. The average Bonchev–Trinajstić information content (AvgIpc) is 2.74. The number of carbonyl (C=O) groups is 1. The fraction of sp³-hybridized carbons (Fsp3) is 0.435. The van der Waals surface area contributed by atoms with E-state index in [4.69, 9.17) is 4.74 Å². The van der Waals surface area contributed by atoms with Gasteiger partial charge in [-0.1, -0.05) is 23.8 Å². The van der Waals surface area contributed by atoms with Crippen LogP contribution in [-0.4, -0.2) is 36.1 Å². The first-order valence-corrected chi connectivity index (χ1v) is 10.3. The van der Waals surface area contributed by atoms with Crippen molar-refractivity contribution in [2.75, 3.05) is 25.5 Å². The topological polar surface area (TPSA) is 76.1 Å². The van der Waals surface area contributed by atoms with Crippen molar-refractivity contribution in [2.24, 2.45) is 0 Å². The highest BCUT2D eigenvalue weighted by molar-refractivity contribution is 5.92. The standard InChI is InChI=1S/C23H30N4O2/c1-17-26-21(23(28)25-14-11-18-7-4-3-5-8-18)16-22(27-17)24-13-12-19-9-6-10-20(15-19)29-2/h6-7,9-10,15-16H,3-5,8,11-14H2,1-2H3,(H,25,28)(H,24,26,27). The van der Waals surface area contributed by atoms with Crippen LogP contribution in [-0.2, 0) is 6.42 Å². The van der Waals surface area contributed by atoms with Gasteiger partial charge >= 0.3 is 0 Å². The van der Waals surface area contributed by atoms with E-state index >= 15 is 0 Å². The lowest BCUT2D eigenvalue weighted by molar-refractivity contribution is 0.0948. The zero-order valence-electron chi connectivity index (χ0n) is 17.3. The van der Waals surface area contributed by atoms with Crippen LogP contribution in [0.2, 0.25) is 0 Å². The second kappa shape index (κ2) is 10.6. The molecule has 29 heavy (non-hydrogen) atoms. The van der Waals surface area contributed by atoms with Crippen molar-refractivity contribution in [1.29, 1.82) is 0 Å². The summed E-state index contributed by atoms with van der Waals surface area (Å²) in [7, 11) is 1.67. The number of aryl methyl sites for hydroxylation is 1. The summed E-state index contributed by atoms with van der Waals surface area (Å²) in [5.41, 5.74) is 3.03. The number of allylic oxidation sites excluding steroid dienone is 1. The van der Waals surface area contributed by atoms with Gasteiger partial charge in [-0.2, -0.15) is 0 Å². The van der Waals surface area contributed by atoms with Crippen LogP contribution in [0.5, 0.6) is 5.75 Å². The lowest BCUT2D eigenvalue weighted by atomic mass is 9.97. The van der Waals surface area contributed by atoms with Gasteiger partial charge < -0.3 is 15.4 Å². The molecule has 1 aromatic heterocycles. The predicted octanol–water partition coefficient (Wildman–Crippen LogP) is 4.07. The Morgan fingerprint density at radius 2 is 2.03 bits per heavy atom. The molecule has 6 heteroatoms. The molecule has 1 aliphatic rings. The number of carbonyl (C=O) groups excluding carboxylic acids is 1. The van der Waals surface area contributed by atoms with Crippen molar-refractivity contribution in [1.82, 2.24) is 15.3 Å². The fourth-order valence-corrected chi connectivity index (χ4v) is 3.50. The number of ether oxygens (including phenoxy) is 1. The van der Waals surface area contributed by atoms with Crippen molar-refractivity contribution >= 4 is 11.7 Å². The highest BCUT2D eigenvalue weighted by atomic mass is 16.5. The highest BCUT2D eigenvalue weighted by Gasteiger charge is 2.11. The van der Waals surface area contributed by atoms with E-state index in [1.807, 2.05) is 18.2 Å². The minimum atomic E-state index is -0.150. The van der Waals surface area contributed by atoms with Gasteiger partial charge in [-0.3, -0.25) is 4.79 Å². The van der Waals surface area contributed by atoms with Crippen LogP contribution in [0.4, 0.5) is 5.82 Å². The Kier molecular flexibility index (Phi) is 7.61. The lowest BCUT2D eigenvalue weighted by Gasteiger charge is -2.13. The van der Waals surface area contributed by atoms with Gasteiger partial charge in [0.15, 0.2) is 0 Å². The molecule has 0 atom stereocenters. The molecule has 0 unspecified atom stereocenters. The van der Waals surface area contributed by atoms with Gasteiger partial charge in [-0.25, -0.2) is 9.97 Å². The Morgan fingerprint density at radius 1 is 1.14 bits per heavy atom. The Morgan fingerprint density at radius 3 is 2.83 bits per heavy atom. The van der Waals surface area contributed by atoms with Crippen molar-refractivity contribution in [2.45, 2.75) is 45.4 Å². The summed E-state index contributed by atoms with van der Waals surface area (Å²) in [5.74, 6) is 1.95. The maximum atomic E-state index is 12.5. The number of hydrogen-bond acceptors (Lipinski definition) is 5. The maximum Gasteiger partial charge on any atom is 0.270 e. The van der Waals surface area contributed by atoms with Gasteiger partial charge in [-0.05, 0) is 63.1 Å². The van der Waals surface area contributed by atoms with E-state index in [9.17, 15) is 4.79 Å². The number of nitrogens with zero attached hydrogens (tertiary/aromatic N) is 2. The van der Waals surface area contributed by atoms with E-state index < -0.39 is 0 Å². The molecule has 0 fully saturated rings. The van der Waals surface area contributed by atoms with Crippen LogP contribution in [0.15, 0.2) is 42.0 Å². The maximum absolute atomic E-state index is 12.5. The minimum Gasteiger partial charge on any atom is -0.497 e. The molecule has 1 aliphatic carbocycles. The number of hydrogen-bond donors (Lipinski definition) is 2. The molecule has 154 valence electrons. The first kappa shape index (κ1) is 20.8. The van der Waals surface area contributed by atoms with E-state index in [0.717, 1.165) is 25.0 Å². The predicted molar refractivity (Wildman–Crippen MR) is 115 cm³/mol. The summed E-state index contributed by atoms with van der Waals surface area (Å²) in [5, 5.41) is 6.28. The molecule has 3 rings (SSSR count). The molecule has 0 radical (unpaired) electrons. The summed E-state index contributed by atoms with van der Waals surface area (Å²) < 4.78 is 5.26. The third-order valence-electron chi connectivity index (χ3n) is 5.04. The Hall–Kier alpha value is -2.89. The van der Waals surface area contributed by atoms with Crippen LogP contribution in [0, 0.1) is 6.92 Å². The number of rotatable bonds is 9. The smallest absolute Gasteiger partial charge is 0.270 e. The number of benzene rings is 1. The molecular formula is C23H30N4O2. The Balaban J connectivity index is 1.51. The molecule has 1 aromatic carbocycles. The van der Waals surface area contributed by atoms with Crippen LogP contribution in [0.3, 0.4) is 0 Å². The fourth-order valence-electron chi connectivity index (χ4n) is 3.50. The number of nitrogens with one attached hydrogen (secondary N) is 2. The monoisotopic (exact) mass is 394 g/mol. The van der Waals surface area contributed by atoms with E-state index in [2.05, 4.69) is 32.7 Å². The Bertz CT molecular complexity index is 864. The molecule has 0 aliphatic heterocycles. The SMILES string of the molecule is COc1cccc(CCNc2cc(C(=O)NCCC3=CCCCC3)nc(C)n2)c1. The van der Waals surface area contributed by atoms with Gasteiger partial charge in [0.1, 0.15) is 23.1 Å². The summed E-state index contributed by atoms with van der Waals surface area (Å²) in [4.78, 5) is 21.2. The van der Waals surface area contributed by atoms with E-state index in [1.54, 1.807) is 20.1 Å². The highest BCUT2D eigenvalue weighted by Crippen LogP contribution is 2.19. The van der Waals surface area contributed by atoms with Gasteiger partial charge in [0, 0.05) is 19.2 Å². The van der Waals surface area contributed by atoms with Gasteiger partial charge in [0.2, 0.25) is 0 Å². The van der Waals surface area contributed by atoms with Crippen LogP contribution >= 0.6 is 0 Å². The number of methoxy groups -OCH3 is 1. The molecular weight excluding hydrogens is 364 g/mol. The average molecular weight is 395 g/mol. The molecule has 0 saturated carbocycles. The van der Waals surface area contributed by atoms with Crippen molar-refractivity contribution in [3.05, 3.63) is 59.1 Å². The summed E-state index contributed by atoms with van der Waals surface area (Å²) in [6, 6.07) is 9.71. The van der Waals surface area contributed by atoms with Crippen LogP contribution in [0.25, 0.3) is 0 Å². The summed E-state index contributed by atoms with van der Waals surface area (Å²) in [6.07, 6.45) is 8.93. The van der Waals surface area contributed by atoms with E-state index in [1.165, 1.54) is 30.4 Å². The van der Waals surface area contributed by atoms with E-state index in [-0.39, 0.29) is 5.91 Å². The third-order valence-corrected chi connectivity index (χ3v) is 5.04. The van der Waals surface area contributed by atoms with Gasteiger partial charge in [0.25, 0.3) is 5.91 Å². The molecule has 0 spiro atoms. The van der Waals surface area contributed by atoms with Crippen molar-refractivity contribution in [3.63, 3.8) is 0 Å². The molecule has 0 saturated heterocycles. The second-order valence-corrected chi connectivity index (χ2v) is 7.33. The minimum absolute atomic E-state index is 0.150. The second-order valence-electron chi connectivity index (χ2n) is 7.33. The number of anilines is 1. The normalized spacial score (nSPS) is 13.5. The number of aromatic nitrogens is 2. The van der Waals surface area contributed by atoms with E-state index in [0.29, 0.717) is 30.4 Å². The van der Waals surface area contributed by atoms with Crippen molar-refractivity contribution in [3.8, 4) is 5.75 Å². The number of amides is 1.